The molecule has 0 amide bonds. The van der Waals surface area contributed by atoms with Gasteiger partial charge in [-0.05, 0) is 81.4 Å². The van der Waals surface area contributed by atoms with Gasteiger partial charge in [-0.2, -0.15) is 0 Å². The molecule has 0 atom stereocenters. The van der Waals surface area contributed by atoms with E-state index in [2.05, 4.69) is 16.8 Å². The second-order valence-electron chi connectivity index (χ2n) is 7.35. The fraction of sp³-hybridized carbons (Fsp3) is 0.400. The summed E-state index contributed by atoms with van der Waals surface area (Å²) in [5, 5.41) is 0. The summed E-state index contributed by atoms with van der Waals surface area (Å²) in [6.45, 7) is 3.02. The van der Waals surface area contributed by atoms with Crippen molar-refractivity contribution in [1.82, 2.24) is 4.90 Å². The molecule has 1 saturated heterocycles. The normalized spacial score (nSPS) is 18.7. The highest BCUT2D eigenvalue weighted by atomic mass is 32.2. The van der Waals surface area contributed by atoms with Crippen molar-refractivity contribution in [1.29, 1.82) is 0 Å². The summed E-state index contributed by atoms with van der Waals surface area (Å²) in [5.41, 5.74) is 2.09. The highest BCUT2D eigenvalue weighted by Gasteiger charge is 2.30. The first-order valence-corrected chi connectivity index (χ1v) is 10.6. The van der Waals surface area contributed by atoms with Crippen LogP contribution < -0.4 is 4.90 Å². The van der Waals surface area contributed by atoms with E-state index in [4.69, 9.17) is 0 Å². The number of sulfone groups is 1. The molecular formula is C20H22F2N2O2S. The molecule has 2 aromatic rings. The first kappa shape index (κ1) is 18.4. The van der Waals surface area contributed by atoms with Crippen molar-refractivity contribution in [2.45, 2.75) is 35.1 Å². The average molecular weight is 392 g/mol. The van der Waals surface area contributed by atoms with E-state index in [1.807, 2.05) is 6.07 Å². The third kappa shape index (κ3) is 3.34. The number of nitrogens with zero attached hydrogens (tertiary/aromatic N) is 2. The zero-order chi connectivity index (χ0) is 19.2. The Bertz CT molecular complexity index is 970. The smallest absolute Gasteiger partial charge is 0.206 e. The molecule has 144 valence electrons. The minimum absolute atomic E-state index is 0.123. The second-order valence-corrected chi connectivity index (χ2v) is 9.30. The van der Waals surface area contributed by atoms with Gasteiger partial charge in [-0.3, -0.25) is 0 Å². The number of likely N-dealkylation sites (tertiary alicyclic amines) is 1. The Labute approximate surface area is 158 Å². The van der Waals surface area contributed by atoms with Crippen molar-refractivity contribution in [2.24, 2.45) is 0 Å². The summed E-state index contributed by atoms with van der Waals surface area (Å²) in [7, 11) is -1.75. The molecule has 27 heavy (non-hydrogen) atoms. The molecule has 0 bridgehead atoms. The molecule has 0 N–H and O–H groups in total. The fourth-order valence-corrected chi connectivity index (χ4v) is 5.36. The summed E-state index contributed by atoms with van der Waals surface area (Å²) >= 11 is 0. The molecule has 4 rings (SSSR count). The molecule has 0 saturated carbocycles. The Morgan fingerprint density at radius 1 is 0.926 bits per heavy atom. The van der Waals surface area contributed by atoms with Gasteiger partial charge in [0.15, 0.2) is 11.6 Å². The van der Waals surface area contributed by atoms with Crippen molar-refractivity contribution in [3.63, 3.8) is 0 Å². The summed E-state index contributed by atoms with van der Waals surface area (Å²) in [4.78, 5) is 4.60. The Balaban J connectivity index is 1.63. The van der Waals surface area contributed by atoms with E-state index >= 15 is 0 Å². The minimum Gasteiger partial charge on any atom is -0.368 e. The number of benzene rings is 2. The number of halogens is 2. The number of rotatable bonds is 3. The van der Waals surface area contributed by atoms with E-state index in [9.17, 15) is 17.2 Å². The Hall–Kier alpha value is -1.99. The molecule has 7 heteroatoms. The van der Waals surface area contributed by atoms with Crippen molar-refractivity contribution < 1.29 is 17.2 Å². The lowest BCUT2D eigenvalue weighted by molar-refractivity contribution is 0.251. The monoisotopic (exact) mass is 392 g/mol. The summed E-state index contributed by atoms with van der Waals surface area (Å²) < 4.78 is 52.2. The molecule has 0 aromatic heterocycles. The van der Waals surface area contributed by atoms with Gasteiger partial charge in [0.2, 0.25) is 9.84 Å². The molecular weight excluding hydrogens is 370 g/mol. The second kappa shape index (κ2) is 6.87. The van der Waals surface area contributed by atoms with E-state index in [0.29, 0.717) is 6.04 Å². The largest absolute Gasteiger partial charge is 0.368 e. The highest BCUT2D eigenvalue weighted by Crippen LogP contribution is 2.35. The van der Waals surface area contributed by atoms with Gasteiger partial charge in [-0.15, -0.1) is 0 Å². The number of piperidine rings is 1. The molecule has 0 spiro atoms. The van der Waals surface area contributed by atoms with Crippen molar-refractivity contribution in [2.75, 3.05) is 31.6 Å². The number of hydrogen-bond donors (Lipinski definition) is 0. The molecule has 0 aliphatic carbocycles. The summed E-state index contributed by atoms with van der Waals surface area (Å²) in [6, 6.07) is 8.28. The van der Waals surface area contributed by atoms with Crippen molar-refractivity contribution in [3.8, 4) is 0 Å². The zero-order valence-corrected chi connectivity index (χ0v) is 16.0. The van der Waals surface area contributed by atoms with E-state index < -0.39 is 21.5 Å². The van der Waals surface area contributed by atoms with E-state index in [-0.39, 0.29) is 9.79 Å². The third-order valence-corrected chi connectivity index (χ3v) is 7.37. The Morgan fingerprint density at radius 3 is 2.30 bits per heavy atom. The molecule has 2 aromatic carbocycles. The van der Waals surface area contributed by atoms with Crippen LogP contribution in [0.2, 0.25) is 0 Å². The molecule has 2 aliphatic heterocycles. The van der Waals surface area contributed by atoms with Crippen LogP contribution in [-0.2, 0) is 16.3 Å². The maximum atomic E-state index is 13.5. The van der Waals surface area contributed by atoms with Crippen LogP contribution in [0.25, 0.3) is 0 Å². The first-order chi connectivity index (χ1) is 12.9. The molecule has 2 aliphatic rings. The molecule has 4 nitrogen and oxygen atoms in total. The van der Waals surface area contributed by atoms with Crippen LogP contribution in [0, 0.1) is 11.6 Å². The van der Waals surface area contributed by atoms with E-state index in [1.54, 1.807) is 12.1 Å². The lowest BCUT2D eigenvalue weighted by Gasteiger charge is -2.36. The summed E-state index contributed by atoms with van der Waals surface area (Å²) in [5.74, 6) is -2.22. The predicted molar refractivity (Wildman–Crippen MR) is 99.8 cm³/mol. The van der Waals surface area contributed by atoms with Gasteiger partial charge in [-0.25, -0.2) is 17.2 Å². The third-order valence-electron chi connectivity index (χ3n) is 5.62. The SMILES string of the molecule is CN1CCC(N2CCc3cc(S(=O)(=O)c4ccc(F)c(F)c4)ccc32)CC1. The lowest BCUT2D eigenvalue weighted by Crippen LogP contribution is -2.43. The zero-order valence-electron chi connectivity index (χ0n) is 15.2. The molecule has 0 radical (unpaired) electrons. The number of anilines is 1. The van der Waals surface area contributed by atoms with Gasteiger partial charge < -0.3 is 9.80 Å². The minimum atomic E-state index is -3.88. The molecule has 1 fully saturated rings. The highest BCUT2D eigenvalue weighted by molar-refractivity contribution is 7.91. The van der Waals surface area contributed by atoms with Gasteiger partial charge >= 0.3 is 0 Å². The fourth-order valence-electron chi connectivity index (χ4n) is 4.04. The van der Waals surface area contributed by atoms with Crippen LogP contribution in [0.1, 0.15) is 18.4 Å². The number of fused-ring (bicyclic) bond motifs is 1. The Morgan fingerprint density at radius 2 is 1.59 bits per heavy atom. The van der Waals surface area contributed by atoms with Crippen LogP contribution in [0.3, 0.4) is 0 Å². The maximum absolute atomic E-state index is 13.5. The predicted octanol–water partition coefficient (Wildman–Crippen LogP) is 3.25. The van der Waals surface area contributed by atoms with Crippen LogP contribution in [0.4, 0.5) is 14.5 Å². The Kier molecular flexibility index (Phi) is 4.68. The quantitative estimate of drug-likeness (QED) is 0.752. The standard InChI is InChI=1S/C20H22F2N2O2S/c1-23-9-7-15(8-10-23)24-11-6-14-12-16(3-5-20(14)24)27(25,26)17-2-4-18(21)19(22)13-17/h2-5,12-13,15H,6-11H2,1H3. The first-order valence-electron chi connectivity index (χ1n) is 9.14. The number of hydrogen-bond acceptors (Lipinski definition) is 4. The lowest BCUT2D eigenvalue weighted by atomic mass is 10.0. The maximum Gasteiger partial charge on any atom is 0.206 e. The van der Waals surface area contributed by atoms with Crippen LogP contribution in [-0.4, -0.2) is 46.0 Å². The van der Waals surface area contributed by atoms with Gasteiger partial charge in [-0.1, -0.05) is 0 Å². The van der Waals surface area contributed by atoms with Gasteiger partial charge in [0.25, 0.3) is 0 Å². The van der Waals surface area contributed by atoms with Crippen LogP contribution in [0.15, 0.2) is 46.2 Å². The van der Waals surface area contributed by atoms with Gasteiger partial charge in [0, 0.05) is 18.3 Å². The van der Waals surface area contributed by atoms with Crippen molar-refractivity contribution in [3.05, 3.63) is 53.6 Å². The van der Waals surface area contributed by atoms with Crippen LogP contribution >= 0.6 is 0 Å². The van der Waals surface area contributed by atoms with Crippen LogP contribution in [0.5, 0.6) is 0 Å². The molecule has 2 heterocycles. The molecule has 0 unspecified atom stereocenters. The van der Waals surface area contributed by atoms with E-state index in [1.165, 1.54) is 0 Å². The van der Waals surface area contributed by atoms with E-state index in [0.717, 1.165) is 68.3 Å². The topological polar surface area (TPSA) is 40.6 Å². The van der Waals surface area contributed by atoms with Gasteiger partial charge in [0.1, 0.15) is 0 Å². The summed E-state index contributed by atoms with van der Waals surface area (Å²) in [6.07, 6.45) is 3.00. The average Bonchev–Trinajstić information content (AvgIpc) is 3.08. The van der Waals surface area contributed by atoms with Crippen molar-refractivity contribution >= 4 is 15.5 Å². The van der Waals surface area contributed by atoms with Gasteiger partial charge in [0.05, 0.1) is 9.79 Å².